The van der Waals surface area contributed by atoms with Crippen molar-refractivity contribution in [3.8, 4) is 0 Å². The number of alkyl halides is 1. The van der Waals surface area contributed by atoms with Crippen LogP contribution >= 0.6 is 11.6 Å². The molecule has 0 unspecified atom stereocenters. The van der Waals surface area contributed by atoms with E-state index in [4.69, 9.17) is 16.3 Å². The second kappa shape index (κ2) is 8.75. The van der Waals surface area contributed by atoms with Crippen LogP contribution in [0, 0.1) is 0 Å². The average Bonchev–Trinajstić information content (AvgIpc) is 2.05. The second-order valence-corrected chi connectivity index (χ2v) is 2.74. The van der Waals surface area contributed by atoms with Gasteiger partial charge in [0.15, 0.2) is 5.78 Å². The number of hydrogen-bond acceptors (Lipinski definition) is 2. The molecule has 0 fully saturated rings. The quantitative estimate of drug-likeness (QED) is 0.350. The highest BCUT2D eigenvalue weighted by Crippen LogP contribution is 1.90. The topological polar surface area (TPSA) is 26.3 Å². The first kappa shape index (κ1) is 11.7. The summed E-state index contributed by atoms with van der Waals surface area (Å²) in [6, 6.07) is 0. The van der Waals surface area contributed by atoms with Gasteiger partial charge in [-0.1, -0.05) is 19.1 Å². The first-order valence-corrected chi connectivity index (χ1v) is 4.65. The Kier molecular flexibility index (Phi) is 8.51. The predicted molar refractivity (Wildman–Crippen MR) is 50.6 cm³/mol. The van der Waals surface area contributed by atoms with Crippen molar-refractivity contribution >= 4 is 17.4 Å². The van der Waals surface area contributed by atoms with Gasteiger partial charge < -0.3 is 4.74 Å². The van der Waals surface area contributed by atoms with Gasteiger partial charge in [-0.2, -0.15) is 0 Å². The summed E-state index contributed by atoms with van der Waals surface area (Å²) in [5.74, 6) is 0.656. The third-order valence-electron chi connectivity index (χ3n) is 1.26. The van der Waals surface area contributed by atoms with Gasteiger partial charge in [0, 0.05) is 12.3 Å². The molecule has 0 atom stereocenters. The SMILES string of the molecule is CCCC(=O)COC/C=C/CCl. The first-order valence-electron chi connectivity index (χ1n) is 4.11. The number of halogens is 1. The van der Waals surface area contributed by atoms with Crippen LogP contribution in [0.5, 0.6) is 0 Å². The Morgan fingerprint density at radius 3 is 2.83 bits per heavy atom. The van der Waals surface area contributed by atoms with Crippen molar-refractivity contribution in [2.75, 3.05) is 19.1 Å². The molecule has 0 aromatic heterocycles. The van der Waals surface area contributed by atoms with E-state index in [1.54, 1.807) is 6.08 Å². The van der Waals surface area contributed by atoms with Crippen LogP contribution in [0.15, 0.2) is 12.2 Å². The molecular formula is C9H15ClO2. The van der Waals surface area contributed by atoms with Gasteiger partial charge in [0.1, 0.15) is 6.61 Å². The standard InChI is InChI=1S/C9H15ClO2/c1-2-5-9(11)8-12-7-4-3-6-10/h3-4H,2,5-8H2,1H3/b4-3+. The third kappa shape index (κ3) is 7.76. The minimum atomic E-state index is 0.164. The second-order valence-electron chi connectivity index (χ2n) is 2.43. The smallest absolute Gasteiger partial charge is 0.158 e. The molecule has 0 spiro atoms. The molecule has 0 amide bonds. The number of carbonyl (C=O) groups excluding carboxylic acids is 1. The van der Waals surface area contributed by atoms with Crippen molar-refractivity contribution in [2.24, 2.45) is 0 Å². The Morgan fingerprint density at radius 2 is 2.25 bits per heavy atom. The van der Waals surface area contributed by atoms with Crippen LogP contribution < -0.4 is 0 Å². The molecule has 2 nitrogen and oxygen atoms in total. The summed E-state index contributed by atoms with van der Waals surface area (Å²) in [5, 5.41) is 0. The Labute approximate surface area is 78.5 Å². The molecule has 0 rings (SSSR count). The van der Waals surface area contributed by atoms with Crippen molar-refractivity contribution in [1.82, 2.24) is 0 Å². The summed E-state index contributed by atoms with van der Waals surface area (Å²) in [4.78, 5) is 10.9. The fraction of sp³-hybridized carbons (Fsp3) is 0.667. The van der Waals surface area contributed by atoms with Crippen LogP contribution in [0.4, 0.5) is 0 Å². The van der Waals surface area contributed by atoms with Gasteiger partial charge in [-0.3, -0.25) is 4.79 Å². The van der Waals surface area contributed by atoms with E-state index >= 15 is 0 Å². The van der Waals surface area contributed by atoms with Gasteiger partial charge in [-0.25, -0.2) is 0 Å². The summed E-state index contributed by atoms with van der Waals surface area (Å²) in [6.07, 6.45) is 5.11. The van der Waals surface area contributed by atoms with Gasteiger partial charge in [0.25, 0.3) is 0 Å². The van der Waals surface area contributed by atoms with E-state index in [9.17, 15) is 4.79 Å². The first-order chi connectivity index (χ1) is 5.81. The molecule has 0 aromatic rings. The third-order valence-corrected chi connectivity index (χ3v) is 1.44. The van der Waals surface area contributed by atoms with E-state index < -0.39 is 0 Å². The molecule has 0 heterocycles. The van der Waals surface area contributed by atoms with Crippen LogP contribution in [0.3, 0.4) is 0 Å². The molecule has 0 bridgehead atoms. The Bertz CT molecular complexity index is 143. The highest BCUT2D eigenvalue weighted by Gasteiger charge is 1.97. The van der Waals surface area contributed by atoms with Gasteiger partial charge in [0.05, 0.1) is 6.61 Å². The molecular weight excluding hydrogens is 176 g/mol. The van der Waals surface area contributed by atoms with Crippen LogP contribution in [0.2, 0.25) is 0 Å². The lowest BCUT2D eigenvalue weighted by Crippen LogP contribution is -2.07. The van der Waals surface area contributed by atoms with Gasteiger partial charge in [-0.15, -0.1) is 11.6 Å². The fourth-order valence-corrected chi connectivity index (χ4v) is 0.849. The van der Waals surface area contributed by atoms with Gasteiger partial charge >= 0.3 is 0 Å². The summed E-state index contributed by atoms with van der Waals surface area (Å²) >= 11 is 5.38. The van der Waals surface area contributed by atoms with Crippen LogP contribution in [-0.4, -0.2) is 24.9 Å². The van der Waals surface area contributed by atoms with Crippen molar-refractivity contribution < 1.29 is 9.53 Å². The van der Waals surface area contributed by atoms with Crippen LogP contribution in [0.25, 0.3) is 0 Å². The van der Waals surface area contributed by atoms with E-state index in [1.165, 1.54) is 0 Å². The Balaban J connectivity index is 3.19. The Hall–Kier alpha value is -0.340. The maximum Gasteiger partial charge on any atom is 0.158 e. The average molecular weight is 191 g/mol. The molecule has 0 radical (unpaired) electrons. The maximum absolute atomic E-state index is 10.9. The molecule has 0 aliphatic heterocycles. The van der Waals surface area contributed by atoms with E-state index in [1.807, 2.05) is 13.0 Å². The number of ketones is 1. The Morgan fingerprint density at radius 1 is 1.50 bits per heavy atom. The van der Waals surface area contributed by atoms with E-state index in [2.05, 4.69) is 0 Å². The maximum atomic E-state index is 10.9. The fourth-order valence-electron chi connectivity index (χ4n) is 0.723. The molecule has 3 heteroatoms. The van der Waals surface area contributed by atoms with Crippen molar-refractivity contribution in [3.63, 3.8) is 0 Å². The molecule has 0 aliphatic rings. The lowest BCUT2D eigenvalue weighted by Gasteiger charge is -1.98. The number of rotatable bonds is 7. The zero-order valence-electron chi connectivity index (χ0n) is 7.38. The summed E-state index contributed by atoms with van der Waals surface area (Å²) in [7, 11) is 0. The monoisotopic (exact) mass is 190 g/mol. The largest absolute Gasteiger partial charge is 0.370 e. The minimum absolute atomic E-state index is 0.164. The van der Waals surface area contributed by atoms with Crippen LogP contribution in [0.1, 0.15) is 19.8 Å². The van der Waals surface area contributed by atoms with E-state index in [0.29, 0.717) is 18.9 Å². The molecule has 0 saturated carbocycles. The minimum Gasteiger partial charge on any atom is -0.370 e. The highest BCUT2D eigenvalue weighted by atomic mass is 35.5. The van der Waals surface area contributed by atoms with Crippen molar-refractivity contribution in [3.05, 3.63) is 12.2 Å². The molecule has 0 saturated heterocycles. The number of carbonyl (C=O) groups is 1. The number of Topliss-reactive ketones (excluding diaryl/α,β-unsaturated/α-hetero) is 1. The zero-order chi connectivity index (χ0) is 9.23. The van der Waals surface area contributed by atoms with Gasteiger partial charge in [0.2, 0.25) is 0 Å². The molecule has 12 heavy (non-hydrogen) atoms. The number of hydrogen-bond donors (Lipinski definition) is 0. The summed E-state index contributed by atoms with van der Waals surface area (Å²) < 4.78 is 5.06. The molecule has 0 aliphatic carbocycles. The number of ether oxygens (including phenoxy) is 1. The molecule has 0 N–H and O–H groups in total. The van der Waals surface area contributed by atoms with E-state index in [0.717, 1.165) is 6.42 Å². The predicted octanol–water partition coefficient (Wildman–Crippen LogP) is 2.17. The normalized spacial score (nSPS) is 10.8. The van der Waals surface area contributed by atoms with Gasteiger partial charge in [-0.05, 0) is 6.42 Å². The van der Waals surface area contributed by atoms with Crippen LogP contribution in [-0.2, 0) is 9.53 Å². The molecule has 0 aromatic carbocycles. The molecule has 70 valence electrons. The summed E-state index contributed by atoms with van der Waals surface area (Å²) in [6.45, 7) is 2.67. The lowest BCUT2D eigenvalue weighted by atomic mass is 10.2. The zero-order valence-corrected chi connectivity index (χ0v) is 8.14. The van der Waals surface area contributed by atoms with Crippen molar-refractivity contribution in [1.29, 1.82) is 0 Å². The summed E-state index contributed by atoms with van der Waals surface area (Å²) in [5.41, 5.74) is 0. The lowest BCUT2D eigenvalue weighted by molar-refractivity contribution is -0.123. The van der Waals surface area contributed by atoms with Crippen molar-refractivity contribution in [2.45, 2.75) is 19.8 Å². The number of allylic oxidation sites excluding steroid dienone is 1. The van der Waals surface area contributed by atoms with E-state index in [-0.39, 0.29) is 12.4 Å². The highest BCUT2D eigenvalue weighted by molar-refractivity contribution is 6.18.